The molecule has 0 fully saturated rings. The number of nitrogens with one attached hydrogen (secondary N) is 1. The van der Waals surface area contributed by atoms with Crippen LogP contribution in [0.3, 0.4) is 0 Å². The first-order valence-electron chi connectivity index (χ1n) is 10.8. The summed E-state index contributed by atoms with van der Waals surface area (Å²) in [6.45, 7) is 2.13. The standard InChI is InChI=1S/C25H27BrN2O6S/c1-4-34-21-10-8-20(9-11-21)28(35(30,31)22-12-6-19(26)7-13-22)17-25(29)27-16-18-5-14-23(32-2)24(15-18)33-3/h5-15H,4,16-17H2,1-3H3,(H,27,29). The molecule has 35 heavy (non-hydrogen) atoms. The minimum absolute atomic E-state index is 0.0716. The van der Waals surface area contributed by atoms with Crippen LogP contribution in [0.15, 0.2) is 76.1 Å². The first-order chi connectivity index (χ1) is 16.8. The topological polar surface area (TPSA) is 94.2 Å². The molecule has 0 aliphatic heterocycles. The number of ether oxygens (including phenoxy) is 3. The molecule has 3 aromatic rings. The molecule has 0 aliphatic carbocycles. The molecule has 0 heterocycles. The van der Waals surface area contributed by atoms with Gasteiger partial charge in [-0.05, 0) is 73.2 Å². The van der Waals surface area contributed by atoms with E-state index >= 15 is 0 Å². The Hall–Kier alpha value is -3.24. The van der Waals surface area contributed by atoms with Crippen molar-refractivity contribution in [3.63, 3.8) is 0 Å². The van der Waals surface area contributed by atoms with E-state index in [9.17, 15) is 13.2 Å². The molecular formula is C25H27BrN2O6S. The summed E-state index contributed by atoms with van der Waals surface area (Å²) in [6.07, 6.45) is 0. The van der Waals surface area contributed by atoms with Crippen molar-refractivity contribution in [2.24, 2.45) is 0 Å². The summed E-state index contributed by atoms with van der Waals surface area (Å²) in [7, 11) is -0.947. The number of halogens is 1. The molecule has 8 nitrogen and oxygen atoms in total. The zero-order valence-electron chi connectivity index (χ0n) is 19.7. The van der Waals surface area contributed by atoms with Crippen LogP contribution in [0.25, 0.3) is 0 Å². The molecule has 0 saturated heterocycles. The van der Waals surface area contributed by atoms with Crippen molar-refractivity contribution in [1.82, 2.24) is 5.32 Å². The predicted molar refractivity (Wildman–Crippen MR) is 138 cm³/mol. The number of sulfonamides is 1. The third-order valence-corrected chi connectivity index (χ3v) is 7.38. The van der Waals surface area contributed by atoms with Gasteiger partial charge in [-0.1, -0.05) is 22.0 Å². The van der Waals surface area contributed by atoms with Gasteiger partial charge in [0.2, 0.25) is 5.91 Å². The summed E-state index contributed by atoms with van der Waals surface area (Å²) >= 11 is 3.32. The summed E-state index contributed by atoms with van der Waals surface area (Å²) in [4.78, 5) is 12.9. The fourth-order valence-electron chi connectivity index (χ4n) is 3.30. The molecule has 0 unspecified atom stereocenters. The second-order valence-corrected chi connectivity index (χ2v) is 10.1. The SMILES string of the molecule is CCOc1ccc(N(CC(=O)NCc2ccc(OC)c(OC)c2)S(=O)(=O)c2ccc(Br)cc2)cc1. The van der Waals surface area contributed by atoms with E-state index in [1.165, 1.54) is 19.2 Å². The number of benzene rings is 3. The second-order valence-electron chi connectivity index (χ2n) is 7.36. The molecule has 0 aromatic heterocycles. The van der Waals surface area contributed by atoms with Gasteiger partial charge in [-0.15, -0.1) is 0 Å². The molecule has 1 N–H and O–H groups in total. The number of hydrogen-bond donors (Lipinski definition) is 1. The average Bonchev–Trinajstić information content (AvgIpc) is 2.86. The Kier molecular flexibility index (Phi) is 9.00. The fourth-order valence-corrected chi connectivity index (χ4v) is 4.99. The number of hydrogen-bond acceptors (Lipinski definition) is 6. The lowest BCUT2D eigenvalue weighted by atomic mass is 10.2. The number of nitrogens with zero attached hydrogens (tertiary/aromatic N) is 1. The van der Waals surface area contributed by atoms with Crippen LogP contribution in [0.2, 0.25) is 0 Å². The van der Waals surface area contributed by atoms with E-state index in [-0.39, 0.29) is 11.4 Å². The smallest absolute Gasteiger partial charge is 0.264 e. The van der Waals surface area contributed by atoms with Gasteiger partial charge in [-0.25, -0.2) is 8.42 Å². The van der Waals surface area contributed by atoms with Gasteiger partial charge in [0.1, 0.15) is 12.3 Å². The van der Waals surface area contributed by atoms with Crippen molar-refractivity contribution in [3.8, 4) is 17.2 Å². The first kappa shape index (κ1) is 26.4. The van der Waals surface area contributed by atoms with Crippen LogP contribution in [0, 0.1) is 0 Å². The predicted octanol–water partition coefficient (Wildman–Crippen LogP) is 4.38. The van der Waals surface area contributed by atoms with Gasteiger partial charge in [-0.2, -0.15) is 0 Å². The summed E-state index contributed by atoms with van der Waals surface area (Å²) in [5.74, 6) is 1.25. The molecule has 0 radical (unpaired) electrons. The number of amides is 1. The van der Waals surface area contributed by atoms with E-state index in [0.717, 1.165) is 14.3 Å². The highest BCUT2D eigenvalue weighted by Gasteiger charge is 2.27. The van der Waals surface area contributed by atoms with E-state index in [0.29, 0.717) is 29.5 Å². The van der Waals surface area contributed by atoms with Gasteiger partial charge >= 0.3 is 0 Å². The highest BCUT2D eigenvalue weighted by Crippen LogP contribution is 2.28. The molecule has 0 atom stereocenters. The summed E-state index contributed by atoms with van der Waals surface area (Å²) < 4.78 is 44.8. The Balaban J connectivity index is 1.83. The largest absolute Gasteiger partial charge is 0.494 e. The minimum atomic E-state index is -4.02. The quantitative estimate of drug-likeness (QED) is 0.372. The van der Waals surface area contributed by atoms with Crippen molar-refractivity contribution in [2.75, 3.05) is 31.7 Å². The Bertz CT molecular complexity index is 1250. The average molecular weight is 563 g/mol. The Morgan fingerprint density at radius 3 is 2.20 bits per heavy atom. The van der Waals surface area contributed by atoms with Gasteiger partial charge in [-0.3, -0.25) is 9.10 Å². The molecular weight excluding hydrogens is 536 g/mol. The van der Waals surface area contributed by atoms with Gasteiger partial charge in [0.25, 0.3) is 10.0 Å². The van der Waals surface area contributed by atoms with Gasteiger partial charge in [0.15, 0.2) is 11.5 Å². The zero-order valence-corrected chi connectivity index (χ0v) is 22.1. The summed E-state index contributed by atoms with van der Waals surface area (Å²) in [5.41, 5.74) is 1.12. The lowest BCUT2D eigenvalue weighted by molar-refractivity contribution is -0.119. The van der Waals surface area contributed by atoms with Crippen molar-refractivity contribution in [1.29, 1.82) is 0 Å². The van der Waals surface area contributed by atoms with Crippen LogP contribution in [-0.2, 0) is 21.4 Å². The Morgan fingerprint density at radius 2 is 1.60 bits per heavy atom. The van der Waals surface area contributed by atoms with E-state index in [4.69, 9.17) is 14.2 Å². The lowest BCUT2D eigenvalue weighted by Crippen LogP contribution is -2.40. The molecule has 3 rings (SSSR count). The molecule has 0 bridgehead atoms. The van der Waals surface area contributed by atoms with Gasteiger partial charge < -0.3 is 19.5 Å². The van der Waals surface area contributed by atoms with Gasteiger partial charge in [0, 0.05) is 11.0 Å². The lowest BCUT2D eigenvalue weighted by Gasteiger charge is -2.24. The third-order valence-electron chi connectivity index (χ3n) is 5.06. The van der Waals surface area contributed by atoms with E-state index in [1.807, 2.05) is 6.92 Å². The highest BCUT2D eigenvalue weighted by atomic mass is 79.9. The normalized spacial score (nSPS) is 11.0. The van der Waals surface area contributed by atoms with Crippen molar-refractivity contribution in [3.05, 3.63) is 76.8 Å². The number of rotatable bonds is 11. The Labute approximate surface area is 214 Å². The zero-order chi connectivity index (χ0) is 25.4. The van der Waals surface area contributed by atoms with Crippen LogP contribution in [0.5, 0.6) is 17.2 Å². The minimum Gasteiger partial charge on any atom is -0.494 e. The van der Waals surface area contributed by atoms with Gasteiger partial charge in [0.05, 0.1) is 31.4 Å². The van der Waals surface area contributed by atoms with E-state index in [1.54, 1.807) is 61.7 Å². The van der Waals surface area contributed by atoms with Crippen molar-refractivity contribution >= 4 is 37.5 Å². The maximum absolute atomic E-state index is 13.5. The van der Waals surface area contributed by atoms with Crippen LogP contribution in [0.4, 0.5) is 5.69 Å². The number of carbonyl (C=O) groups is 1. The first-order valence-corrected chi connectivity index (χ1v) is 13.0. The van der Waals surface area contributed by atoms with E-state index < -0.39 is 22.5 Å². The molecule has 0 aliphatic rings. The number of anilines is 1. The fraction of sp³-hybridized carbons (Fsp3) is 0.240. The maximum atomic E-state index is 13.5. The second kappa shape index (κ2) is 11.9. The summed E-state index contributed by atoms with van der Waals surface area (Å²) in [6, 6.07) is 18.1. The molecule has 0 saturated carbocycles. The number of methoxy groups -OCH3 is 2. The summed E-state index contributed by atoms with van der Waals surface area (Å²) in [5, 5.41) is 2.78. The van der Waals surface area contributed by atoms with Crippen LogP contribution in [-0.4, -0.2) is 41.7 Å². The van der Waals surface area contributed by atoms with Crippen LogP contribution >= 0.6 is 15.9 Å². The Morgan fingerprint density at radius 1 is 0.943 bits per heavy atom. The molecule has 10 heteroatoms. The molecule has 3 aromatic carbocycles. The highest BCUT2D eigenvalue weighted by molar-refractivity contribution is 9.10. The third kappa shape index (κ3) is 6.67. The van der Waals surface area contributed by atoms with Crippen molar-refractivity contribution < 1.29 is 27.4 Å². The monoisotopic (exact) mass is 562 g/mol. The van der Waals surface area contributed by atoms with E-state index in [2.05, 4.69) is 21.2 Å². The molecule has 0 spiro atoms. The number of carbonyl (C=O) groups excluding carboxylic acids is 1. The van der Waals surface area contributed by atoms with Crippen LogP contribution in [0.1, 0.15) is 12.5 Å². The van der Waals surface area contributed by atoms with Crippen molar-refractivity contribution in [2.45, 2.75) is 18.4 Å². The maximum Gasteiger partial charge on any atom is 0.264 e. The molecule has 1 amide bonds. The van der Waals surface area contributed by atoms with Crippen LogP contribution < -0.4 is 23.8 Å². The molecule has 186 valence electrons.